The van der Waals surface area contributed by atoms with Crippen molar-refractivity contribution in [2.24, 2.45) is 11.8 Å². The summed E-state index contributed by atoms with van der Waals surface area (Å²) in [6, 6.07) is 0. The van der Waals surface area contributed by atoms with Gasteiger partial charge in [-0.1, -0.05) is 0 Å². The predicted molar refractivity (Wildman–Crippen MR) is 79.9 cm³/mol. The van der Waals surface area contributed by atoms with Gasteiger partial charge in [0.1, 0.15) is 0 Å². The molecule has 0 spiro atoms. The standard InChI is InChI=1S/C14H20F3O4S2/c15-14(16,17)23(19,20)21-22(12-4-2-1-3-11(12)18)13-8-9-5-6-10(13)7-9/h9-10,12-13H,1-8H2/q+1. The third kappa shape index (κ3) is 3.42. The van der Waals surface area contributed by atoms with Gasteiger partial charge in [-0.05, 0) is 41.7 Å². The first-order chi connectivity index (χ1) is 10.7. The van der Waals surface area contributed by atoms with E-state index in [-0.39, 0.29) is 17.0 Å². The Labute approximate surface area is 136 Å². The second kappa shape index (κ2) is 6.22. The lowest BCUT2D eigenvalue weighted by atomic mass is 9.99. The Balaban J connectivity index is 1.86. The molecule has 0 amide bonds. The zero-order chi connectivity index (χ0) is 16.8. The van der Waals surface area contributed by atoms with Gasteiger partial charge < -0.3 is 0 Å². The van der Waals surface area contributed by atoms with Gasteiger partial charge in [0.2, 0.25) is 5.25 Å². The molecule has 0 aromatic rings. The van der Waals surface area contributed by atoms with Gasteiger partial charge in [0, 0.05) is 25.2 Å². The Kier molecular flexibility index (Phi) is 4.74. The van der Waals surface area contributed by atoms with Crippen LogP contribution in [-0.2, 0) is 29.7 Å². The normalized spacial score (nSPS) is 36.4. The first kappa shape index (κ1) is 17.5. The third-order valence-corrected chi connectivity index (χ3v) is 9.35. The molecule has 5 unspecified atom stereocenters. The van der Waals surface area contributed by atoms with Gasteiger partial charge in [-0.15, -0.1) is 0 Å². The quantitative estimate of drug-likeness (QED) is 0.561. The molecule has 0 aliphatic heterocycles. The number of fused-ring (bicyclic) bond motifs is 2. The van der Waals surface area contributed by atoms with Crippen LogP contribution in [0.25, 0.3) is 0 Å². The van der Waals surface area contributed by atoms with E-state index in [4.69, 9.17) is 3.63 Å². The molecule has 0 saturated heterocycles. The Bertz CT molecular complexity index is 575. The summed E-state index contributed by atoms with van der Waals surface area (Å²) in [7, 11) is -5.66. The molecule has 3 aliphatic carbocycles. The van der Waals surface area contributed by atoms with E-state index in [0.29, 0.717) is 25.2 Å². The molecule has 3 saturated carbocycles. The van der Waals surface area contributed by atoms with Crippen LogP contribution < -0.4 is 0 Å². The molecule has 3 rings (SSSR count). The molecule has 0 aromatic heterocycles. The Morgan fingerprint density at radius 2 is 1.83 bits per heavy atom. The van der Waals surface area contributed by atoms with Crippen LogP contribution in [0.3, 0.4) is 0 Å². The zero-order valence-electron chi connectivity index (χ0n) is 12.5. The summed E-state index contributed by atoms with van der Waals surface area (Å²) in [6.45, 7) is 0. The molecule has 0 heterocycles. The van der Waals surface area contributed by atoms with E-state index in [9.17, 15) is 26.4 Å². The minimum atomic E-state index is -5.66. The van der Waals surface area contributed by atoms with Crippen molar-refractivity contribution in [1.29, 1.82) is 0 Å². The van der Waals surface area contributed by atoms with E-state index in [1.54, 1.807) is 0 Å². The largest absolute Gasteiger partial charge is 0.527 e. The maximum absolute atomic E-state index is 12.7. The van der Waals surface area contributed by atoms with E-state index < -0.39 is 32.1 Å². The number of halogens is 3. The van der Waals surface area contributed by atoms with Crippen molar-refractivity contribution in [3.8, 4) is 0 Å². The van der Waals surface area contributed by atoms with Gasteiger partial charge in [-0.25, -0.2) is 0 Å². The van der Waals surface area contributed by atoms with E-state index in [1.807, 2.05) is 0 Å². The van der Waals surface area contributed by atoms with Gasteiger partial charge >= 0.3 is 15.6 Å². The summed E-state index contributed by atoms with van der Waals surface area (Å²) in [4.78, 5) is 12.2. The zero-order valence-corrected chi connectivity index (χ0v) is 14.2. The summed E-state index contributed by atoms with van der Waals surface area (Å²) in [5.74, 6) is 0.497. The van der Waals surface area contributed by atoms with Crippen molar-refractivity contribution in [2.75, 3.05) is 0 Å². The first-order valence-corrected chi connectivity index (χ1v) is 10.6. The average Bonchev–Trinajstić information content (AvgIpc) is 3.07. The highest BCUT2D eigenvalue weighted by Gasteiger charge is 2.61. The molecular formula is C14H20F3O4S2+. The lowest BCUT2D eigenvalue weighted by Gasteiger charge is -2.27. The summed E-state index contributed by atoms with van der Waals surface area (Å²) in [5, 5.41) is -0.914. The van der Waals surface area contributed by atoms with Crippen LogP contribution in [0.5, 0.6) is 0 Å². The number of Topliss-reactive ketones (excluding diaryl/α,β-unsaturated/α-hetero) is 1. The van der Waals surface area contributed by atoms with Crippen LogP contribution in [0.1, 0.15) is 51.4 Å². The number of carbonyl (C=O) groups excluding carboxylic acids is 1. The molecular weight excluding hydrogens is 353 g/mol. The smallest absolute Gasteiger partial charge is 0.294 e. The van der Waals surface area contributed by atoms with Crippen molar-refractivity contribution < 1.29 is 30.0 Å². The molecule has 2 bridgehead atoms. The maximum Gasteiger partial charge on any atom is 0.527 e. The second-order valence-electron chi connectivity index (χ2n) is 6.71. The number of alkyl halides is 3. The van der Waals surface area contributed by atoms with Gasteiger partial charge in [0.15, 0.2) is 22.2 Å². The van der Waals surface area contributed by atoms with Crippen LogP contribution in [0.15, 0.2) is 0 Å². The molecule has 5 atom stereocenters. The average molecular weight is 373 g/mol. The molecule has 4 nitrogen and oxygen atoms in total. The van der Waals surface area contributed by atoms with E-state index >= 15 is 0 Å². The fourth-order valence-corrected chi connectivity index (χ4v) is 8.32. The molecule has 9 heteroatoms. The summed E-state index contributed by atoms with van der Waals surface area (Å²) in [6.07, 6.45) is 5.74. The van der Waals surface area contributed by atoms with Crippen LogP contribution in [0.4, 0.5) is 13.2 Å². The lowest BCUT2D eigenvalue weighted by Crippen LogP contribution is -2.45. The van der Waals surface area contributed by atoms with Crippen LogP contribution in [0, 0.1) is 11.8 Å². The number of ketones is 1. The summed E-state index contributed by atoms with van der Waals surface area (Å²) in [5.41, 5.74) is -5.44. The molecule has 132 valence electrons. The van der Waals surface area contributed by atoms with Crippen LogP contribution in [-0.4, -0.2) is 30.2 Å². The molecule has 0 radical (unpaired) electrons. The highest BCUT2D eigenvalue weighted by atomic mass is 32.3. The van der Waals surface area contributed by atoms with Crippen molar-refractivity contribution in [1.82, 2.24) is 0 Å². The van der Waals surface area contributed by atoms with Crippen molar-refractivity contribution in [3.63, 3.8) is 0 Å². The van der Waals surface area contributed by atoms with Crippen molar-refractivity contribution >= 4 is 27.1 Å². The third-order valence-electron chi connectivity index (χ3n) is 5.20. The van der Waals surface area contributed by atoms with E-state index in [0.717, 1.165) is 32.1 Å². The number of rotatable bonds is 4. The van der Waals surface area contributed by atoms with Gasteiger partial charge in [-0.2, -0.15) is 21.6 Å². The van der Waals surface area contributed by atoms with Gasteiger partial charge in [0.05, 0.1) is 0 Å². The highest BCUT2D eigenvalue weighted by Crippen LogP contribution is 2.50. The van der Waals surface area contributed by atoms with Gasteiger partial charge in [-0.3, -0.25) is 4.79 Å². The monoisotopic (exact) mass is 373 g/mol. The SMILES string of the molecule is O=C1CCCCC1[S+](OS(=O)(=O)C(F)(F)F)C1CC2CCC1C2. The van der Waals surface area contributed by atoms with E-state index in [2.05, 4.69) is 0 Å². The number of hydrogen-bond acceptors (Lipinski definition) is 4. The fraction of sp³-hybridized carbons (Fsp3) is 0.929. The molecule has 0 N–H and O–H groups in total. The Morgan fingerprint density at radius 1 is 1.09 bits per heavy atom. The maximum atomic E-state index is 12.7. The Morgan fingerprint density at radius 3 is 2.35 bits per heavy atom. The summed E-state index contributed by atoms with van der Waals surface area (Å²) >= 11 is -1.49. The minimum Gasteiger partial charge on any atom is -0.294 e. The topological polar surface area (TPSA) is 60.4 Å². The molecule has 3 fully saturated rings. The second-order valence-corrected chi connectivity index (χ2v) is 10.5. The van der Waals surface area contributed by atoms with E-state index in [1.165, 1.54) is 0 Å². The molecule has 3 aliphatic rings. The predicted octanol–water partition coefficient (Wildman–Crippen LogP) is 3.09. The fourth-order valence-electron chi connectivity index (χ4n) is 4.12. The molecule has 0 aromatic carbocycles. The van der Waals surface area contributed by atoms with Crippen molar-refractivity contribution in [3.05, 3.63) is 0 Å². The van der Waals surface area contributed by atoms with Crippen LogP contribution >= 0.6 is 0 Å². The van der Waals surface area contributed by atoms with Gasteiger partial charge in [0.25, 0.3) is 0 Å². The van der Waals surface area contributed by atoms with Crippen molar-refractivity contribution in [2.45, 2.75) is 67.4 Å². The first-order valence-electron chi connectivity index (χ1n) is 7.95. The van der Waals surface area contributed by atoms with Crippen LogP contribution in [0.2, 0.25) is 0 Å². The lowest BCUT2D eigenvalue weighted by molar-refractivity contribution is -0.119. The summed E-state index contributed by atoms with van der Waals surface area (Å²) < 4.78 is 66.0. The minimum absolute atomic E-state index is 0.139. The molecule has 23 heavy (non-hydrogen) atoms. The highest BCUT2D eigenvalue weighted by molar-refractivity contribution is 8.04. The number of hydrogen-bond donors (Lipinski definition) is 0. The number of carbonyl (C=O) groups is 1. The Hall–Kier alpha value is -0.280.